The molecule has 0 bridgehead atoms. The molecule has 0 spiro atoms. The molecule has 2 aliphatic rings. The molecule has 1 aromatic carbocycles. The second-order valence-electron chi connectivity index (χ2n) is 6.14. The van der Waals surface area contributed by atoms with E-state index in [4.69, 9.17) is 9.47 Å². The summed E-state index contributed by atoms with van der Waals surface area (Å²) < 4.78 is 26.8. The van der Waals surface area contributed by atoms with Crippen molar-refractivity contribution in [2.45, 2.75) is 24.1 Å². The summed E-state index contributed by atoms with van der Waals surface area (Å²) >= 11 is 1.61. The van der Waals surface area contributed by atoms with Crippen LogP contribution in [0.2, 0.25) is 0 Å². The molecule has 3 heterocycles. The molecule has 2 fully saturated rings. The molecule has 0 N–H and O–H groups in total. The lowest BCUT2D eigenvalue weighted by atomic mass is 10.3. The summed E-state index contributed by atoms with van der Waals surface area (Å²) in [6.07, 6.45) is 2.45. The summed E-state index contributed by atoms with van der Waals surface area (Å²) in [7, 11) is 0. The topological polar surface area (TPSA) is 52.4 Å². The monoisotopic (exact) mass is 364 g/mol. The minimum absolute atomic E-state index is 0.259. The van der Waals surface area contributed by atoms with Gasteiger partial charge in [0.15, 0.2) is 5.16 Å². The van der Waals surface area contributed by atoms with E-state index in [1.807, 2.05) is 10.6 Å². The lowest BCUT2D eigenvalue weighted by molar-refractivity contribution is 0.122. The number of hydrogen-bond acceptors (Lipinski definition) is 6. The average molecular weight is 364 g/mol. The second-order valence-corrected chi connectivity index (χ2v) is 7.13. The summed E-state index contributed by atoms with van der Waals surface area (Å²) in [6.45, 7) is 3.66. The maximum atomic E-state index is 13.8. The molecule has 25 heavy (non-hydrogen) atoms. The van der Waals surface area contributed by atoms with E-state index in [1.165, 1.54) is 12.1 Å². The molecule has 134 valence electrons. The Hall–Kier alpha value is -1.64. The highest BCUT2D eigenvalue weighted by Gasteiger charge is 2.23. The summed E-state index contributed by atoms with van der Waals surface area (Å²) in [4.78, 5) is 2.14. The van der Waals surface area contributed by atoms with Gasteiger partial charge in [-0.05, 0) is 31.0 Å². The Labute approximate surface area is 150 Å². The third kappa shape index (κ3) is 3.80. The number of morpholine rings is 1. The van der Waals surface area contributed by atoms with Crippen molar-refractivity contribution in [3.8, 4) is 5.69 Å². The lowest BCUT2D eigenvalue weighted by Crippen LogP contribution is -2.37. The molecule has 0 amide bonds. The van der Waals surface area contributed by atoms with Gasteiger partial charge in [0.05, 0.1) is 25.0 Å². The largest absolute Gasteiger partial charge is 0.378 e. The number of benzene rings is 1. The third-order valence-corrected chi connectivity index (χ3v) is 5.46. The molecule has 0 saturated carbocycles. The predicted molar refractivity (Wildman–Crippen MR) is 94.0 cm³/mol. The van der Waals surface area contributed by atoms with E-state index in [1.54, 1.807) is 17.8 Å². The van der Waals surface area contributed by atoms with E-state index in [2.05, 4.69) is 15.1 Å². The Balaban J connectivity index is 1.64. The number of hydrogen-bond donors (Lipinski definition) is 0. The lowest BCUT2D eigenvalue weighted by Gasteiger charge is -2.28. The third-order valence-electron chi connectivity index (χ3n) is 4.40. The summed E-state index contributed by atoms with van der Waals surface area (Å²) in [5.41, 5.74) is 0.737. The van der Waals surface area contributed by atoms with Crippen LogP contribution < -0.4 is 4.90 Å². The quantitative estimate of drug-likeness (QED) is 0.760. The highest BCUT2D eigenvalue weighted by atomic mass is 32.2. The minimum atomic E-state index is -0.269. The van der Waals surface area contributed by atoms with Crippen molar-refractivity contribution in [1.82, 2.24) is 14.8 Å². The standard InChI is InChI=1S/C17H21FN4O2S/c18-13-3-1-4-14(11-13)22-16(21-6-9-23-10-7-21)19-20-17(22)25-12-15-5-2-8-24-15/h1,3-4,11,15H,2,5-10,12H2. The van der Waals surface area contributed by atoms with Gasteiger partial charge in [0.25, 0.3) is 0 Å². The van der Waals surface area contributed by atoms with Gasteiger partial charge >= 0.3 is 0 Å². The SMILES string of the molecule is Fc1cccc(-n2c(SCC3CCCO3)nnc2N2CCOCC2)c1. The molecule has 2 aliphatic heterocycles. The summed E-state index contributed by atoms with van der Waals surface area (Å²) in [5.74, 6) is 1.30. The molecule has 0 radical (unpaired) electrons. The van der Waals surface area contributed by atoms with E-state index in [0.717, 1.165) is 55.1 Å². The van der Waals surface area contributed by atoms with Crippen molar-refractivity contribution in [3.05, 3.63) is 30.1 Å². The fourth-order valence-corrected chi connectivity index (χ4v) is 4.12. The summed E-state index contributed by atoms with van der Waals surface area (Å²) in [6, 6.07) is 6.56. The molecule has 1 atom stereocenters. The normalized spacial score (nSPS) is 21.0. The van der Waals surface area contributed by atoms with Crippen molar-refractivity contribution >= 4 is 17.7 Å². The Bertz CT molecular complexity index is 714. The van der Waals surface area contributed by atoms with Crippen LogP contribution in [0.5, 0.6) is 0 Å². The molecular weight excluding hydrogens is 343 g/mol. The van der Waals surface area contributed by atoms with Gasteiger partial charge in [-0.15, -0.1) is 10.2 Å². The van der Waals surface area contributed by atoms with Crippen LogP contribution in [-0.4, -0.2) is 59.5 Å². The van der Waals surface area contributed by atoms with Crippen LogP contribution in [0.3, 0.4) is 0 Å². The van der Waals surface area contributed by atoms with E-state index >= 15 is 0 Å². The molecule has 2 aromatic rings. The number of rotatable bonds is 5. The number of thioether (sulfide) groups is 1. The van der Waals surface area contributed by atoms with E-state index in [0.29, 0.717) is 13.2 Å². The first-order chi connectivity index (χ1) is 12.3. The van der Waals surface area contributed by atoms with Gasteiger partial charge in [-0.2, -0.15) is 0 Å². The fourth-order valence-electron chi connectivity index (χ4n) is 3.11. The molecular formula is C17H21FN4O2S. The first-order valence-electron chi connectivity index (χ1n) is 8.60. The van der Waals surface area contributed by atoms with Gasteiger partial charge in [-0.3, -0.25) is 4.57 Å². The van der Waals surface area contributed by atoms with Gasteiger partial charge in [-0.1, -0.05) is 17.8 Å². The number of nitrogens with zero attached hydrogens (tertiary/aromatic N) is 4. The van der Waals surface area contributed by atoms with Crippen molar-refractivity contribution < 1.29 is 13.9 Å². The van der Waals surface area contributed by atoms with E-state index in [-0.39, 0.29) is 11.9 Å². The molecule has 6 nitrogen and oxygen atoms in total. The number of aromatic nitrogens is 3. The molecule has 2 saturated heterocycles. The molecule has 4 rings (SSSR count). The maximum absolute atomic E-state index is 13.8. The fraction of sp³-hybridized carbons (Fsp3) is 0.529. The molecule has 1 aromatic heterocycles. The zero-order chi connectivity index (χ0) is 17.1. The van der Waals surface area contributed by atoms with Crippen LogP contribution >= 0.6 is 11.8 Å². The zero-order valence-electron chi connectivity index (χ0n) is 13.9. The molecule has 1 unspecified atom stereocenters. The van der Waals surface area contributed by atoms with E-state index in [9.17, 15) is 4.39 Å². The minimum Gasteiger partial charge on any atom is -0.378 e. The smallest absolute Gasteiger partial charge is 0.232 e. The zero-order valence-corrected chi connectivity index (χ0v) is 14.8. The predicted octanol–water partition coefficient (Wildman–Crippen LogP) is 2.51. The molecule has 0 aliphatic carbocycles. The van der Waals surface area contributed by atoms with Gasteiger partial charge in [0, 0.05) is 25.4 Å². The Morgan fingerprint density at radius 2 is 2.08 bits per heavy atom. The Morgan fingerprint density at radius 1 is 1.20 bits per heavy atom. The van der Waals surface area contributed by atoms with E-state index < -0.39 is 0 Å². The van der Waals surface area contributed by atoms with Crippen molar-refractivity contribution in [2.24, 2.45) is 0 Å². The van der Waals surface area contributed by atoms with Gasteiger partial charge in [-0.25, -0.2) is 4.39 Å². The van der Waals surface area contributed by atoms with Gasteiger partial charge < -0.3 is 14.4 Å². The first kappa shape index (κ1) is 16.8. The average Bonchev–Trinajstić information content (AvgIpc) is 3.30. The van der Waals surface area contributed by atoms with Crippen LogP contribution in [0.4, 0.5) is 10.3 Å². The highest BCUT2D eigenvalue weighted by molar-refractivity contribution is 7.99. The van der Waals surface area contributed by atoms with Gasteiger partial charge in [0.1, 0.15) is 5.82 Å². The maximum Gasteiger partial charge on any atom is 0.232 e. The van der Waals surface area contributed by atoms with Crippen LogP contribution in [0, 0.1) is 5.82 Å². The van der Waals surface area contributed by atoms with Crippen molar-refractivity contribution in [2.75, 3.05) is 43.6 Å². The van der Waals surface area contributed by atoms with Gasteiger partial charge in [0.2, 0.25) is 5.95 Å². The van der Waals surface area contributed by atoms with Crippen molar-refractivity contribution in [3.63, 3.8) is 0 Å². The van der Waals surface area contributed by atoms with Crippen LogP contribution in [0.25, 0.3) is 5.69 Å². The number of ether oxygens (including phenoxy) is 2. The Kier molecular flexibility index (Phi) is 5.19. The number of halogens is 1. The molecule has 8 heteroatoms. The second kappa shape index (κ2) is 7.72. The van der Waals surface area contributed by atoms with Crippen molar-refractivity contribution in [1.29, 1.82) is 0 Å². The van der Waals surface area contributed by atoms with Crippen LogP contribution in [0.1, 0.15) is 12.8 Å². The summed E-state index contributed by atoms with van der Waals surface area (Å²) in [5, 5.41) is 9.53. The van der Waals surface area contributed by atoms with Crippen LogP contribution in [-0.2, 0) is 9.47 Å². The highest BCUT2D eigenvalue weighted by Crippen LogP contribution is 2.29. The number of anilines is 1. The Morgan fingerprint density at radius 3 is 2.84 bits per heavy atom. The van der Waals surface area contributed by atoms with Crippen LogP contribution in [0.15, 0.2) is 29.4 Å². The first-order valence-corrected chi connectivity index (χ1v) is 9.58.